The zero-order valence-corrected chi connectivity index (χ0v) is 13.0. The Bertz CT molecular complexity index is 910. The molecule has 0 aliphatic heterocycles. The van der Waals surface area contributed by atoms with Crippen molar-refractivity contribution in [3.63, 3.8) is 0 Å². The Hall–Kier alpha value is -2.34. The topological polar surface area (TPSA) is 0 Å². The molecule has 4 rings (SSSR count). The number of hydrogen-bond donors (Lipinski definition) is 0. The fraction of sp³-hybridized carbons (Fsp3) is 0.182. The van der Waals surface area contributed by atoms with E-state index in [1.165, 1.54) is 57.5 Å². The Morgan fingerprint density at radius 2 is 1.68 bits per heavy atom. The van der Waals surface area contributed by atoms with Gasteiger partial charge in [0.25, 0.3) is 0 Å². The van der Waals surface area contributed by atoms with Crippen LogP contribution in [-0.4, -0.2) is 0 Å². The van der Waals surface area contributed by atoms with Crippen LogP contribution in [0.4, 0.5) is 0 Å². The van der Waals surface area contributed by atoms with Gasteiger partial charge in [-0.15, -0.1) is 0 Å². The summed E-state index contributed by atoms with van der Waals surface area (Å²) in [7, 11) is 0. The van der Waals surface area contributed by atoms with Crippen LogP contribution in [0.15, 0.2) is 66.8 Å². The molecule has 0 spiro atoms. The van der Waals surface area contributed by atoms with Crippen molar-refractivity contribution in [2.24, 2.45) is 0 Å². The van der Waals surface area contributed by atoms with E-state index >= 15 is 0 Å². The zero-order valence-electron chi connectivity index (χ0n) is 13.0. The molecule has 0 saturated heterocycles. The number of benzene rings is 3. The van der Waals surface area contributed by atoms with E-state index in [-0.39, 0.29) is 0 Å². The van der Waals surface area contributed by atoms with Crippen LogP contribution in [0.3, 0.4) is 0 Å². The zero-order chi connectivity index (χ0) is 14.9. The fourth-order valence-corrected chi connectivity index (χ4v) is 3.70. The minimum Gasteiger partial charge on any atom is -0.0877 e. The van der Waals surface area contributed by atoms with E-state index in [0.29, 0.717) is 0 Å². The minimum absolute atomic E-state index is 1.19. The molecular formula is C22H20. The van der Waals surface area contributed by atoms with Gasteiger partial charge in [-0.25, -0.2) is 0 Å². The summed E-state index contributed by atoms with van der Waals surface area (Å²) in [4.78, 5) is 0. The van der Waals surface area contributed by atoms with Gasteiger partial charge in [-0.1, -0.05) is 66.8 Å². The maximum Gasteiger partial charge on any atom is -0.0102 e. The molecule has 0 heteroatoms. The largest absolute Gasteiger partial charge is 0.0877 e. The molecule has 0 aromatic heterocycles. The molecule has 0 atom stereocenters. The quantitative estimate of drug-likeness (QED) is 0.461. The molecule has 0 amide bonds. The SMILES string of the molecule is CC=CC=C1CCCc2c1ccc1c2ccc2ccccc21. The molecule has 0 radical (unpaired) electrons. The van der Waals surface area contributed by atoms with Crippen LogP contribution in [-0.2, 0) is 6.42 Å². The summed E-state index contributed by atoms with van der Waals surface area (Å²) in [5, 5.41) is 5.52. The molecule has 0 unspecified atom stereocenters. The summed E-state index contributed by atoms with van der Waals surface area (Å²) in [6, 6.07) is 17.9. The van der Waals surface area contributed by atoms with Gasteiger partial charge < -0.3 is 0 Å². The van der Waals surface area contributed by atoms with Crippen molar-refractivity contribution in [1.82, 2.24) is 0 Å². The fourth-order valence-electron chi connectivity index (χ4n) is 3.70. The highest BCUT2D eigenvalue weighted by molar-refractivity contribution is 6.09. The van der Waals surface area contributed by atoms with Gasteiger partial charge in [-0.2, -0.15) is 0 Å². The van der Waals surface area contributed by atoms with E-state index < -0.39 is 0 Å². The number of hydrogen-bond acceptors (Lipinski definition) is 0. The van der Waals surface area contributed by atoms with Gasteiger partial charge in [0.05, 0.1) is 0 Å². The summed E-state index contributed by atoms with van der Waals surface area (Å²) < 4.78 is 0. The van der Waals surface area contributed by atoms with E-state index in [4.69, 9.17) is 0 Å². The van der Waals surface area contributed by atoms with Crippen molar-refractivity contribution in [3.05, 3.63) is 77.9 Å². The Morgan fingerprint density at radius 3 is 2.59 bits per heavy atom. The maximum atomic E-state index is 2.33. The monoisotopic (exact) mass is 284 g/mol. The lowest BCUT2D eigenvalue weighted by Crippen LogP contribution is -2.02. The molecule has 1 aliphatic carbocycles. The highest BCUT2D eigenvalue weighted by Gasteiger charge is 2.16. The Labute approximate surface area is 131 Å². The number of fused-ring (bicyclic) bond motifs is 5. The summed E-state index contributed by atoms with van der Waals surface area (Å²) in [6.45, 7) is 2.08. The number of allylic oxidation sites excluding steroid dienone is 4. The highest BCUT2D eigenvalue weighted by atomic mass is 14.2. The lowest BCUT2D eigenvalue weighted by molar-refractivity contribution is 0.828. The first kappa shape index (κ1) is 13.3. The number of aryl methyl sites for hydroxylation is 1. The first-order valence-corrected chi connectivity index (χ1v) is 8.14. The van der Waals surface area contributed by atoms with Gasteiger partial charge in [0.2, 0.25) is 0 Å². The van der Waals surface area contributed by atoms with Crippen LogP contribution < -0.4 is 0 Å². The van der Waals surface area contributed by atoms with Crippen LogP contribution in [0.25, 0.3) is 27.1 Å². The Morgan fingerprint density at radius 1 is 0.818 bits per heavy atom. The highest BCUT2D eigenvalue weighted by Crippen LogP contribution is 2.37. The molecule has 1 aliphatic rings. The third kappa shape index (κ3) is 2.07. The number of rotatable bonds is 1. The Balaban J connectivity index is 2.02. The first-order valence-electron chi connectivity index (χ1n) is 8.14. The summed E-state index contributed by atoms with van der Waals surface area (Å²) >= 11 is 0. The molecule has 0 nitrogen and oxygen atoms in total. The van der Waals surface area contributed by atoms with Gasteiger partial charge in [0, 0.05) is 0 Å². The van der Waals surface area contributed by atoms with E-state index in [9.17, 15) is 0 Å². The smallest absolute Gasteiger partial charge is 0.0102 e. The van der Waals surface area contributed by atoms with Crippen LogP contribution >= 0.6 is 0 Å². The molecule has 108 valence electrons. The van der Waals surface area contributed by atoms with Gasteiger partial charge >= 0.3 is 0 Å². The predicted octanol–water partition coefficient (Wildman–Crippen LogP) is 6.29. The first-order chi connectivity index (χ1) is 10.9. The van der Waals surface area contributed by atoms with Gasteiger partial charge in [0.15, 0.2) is 0 Å². The standard InChI is InChI=1S/C22H20/c1-2-3-7-16-9-6-11-20-19(16)14-15-21-18-10-5-4-8-17(18)12-13-22(20)21/h2-5,7-8,10,12-15H,6,9,11H2,1H3. The normalized spacial score (nSPS) is 16.7. The van der Waals surface area contributed by atoms with E-state index in [2.05, 4.69) is 73.7 Å². The lowest BCUT2D eigenvalue weighted by Gasteiger charge is -2.21. The third-order valence-corrected chi connectivity index (χ3v) is 4.75. The van der Waals surface area contributed by atoms with E-state index in [1.54, 1.807) is 0 Å². The second-order valence-electron chi connectivity index (χ2n) is 6.04. The van der Waals surface area contributed by atoms with Crippen molar-refractivity contribution in [3.8, 4) is 0 Å². The summed E-state index contributed by atoms with van der Waals surface area (Å²) in [5.41, 5.74) is 4.46. The predicted molar refractivity (Wildman–Crippen MR) is 97.2 cm³/mol. The van der Waals surface area contributed by atoms with Gasteiger partial charge in [0.1, 0.15) is 0 Å². The third-order valence-electron chi connectivity index (χ3n) is 4.75. The molecule has 3 aromatic rings. The van der Waals surface area contributed by atoms with E-state index in [0.717, 1.165) is 0 Å². The van der Waals surface area contributed by atoms with Crippen molar-refractivity contribution in [1.29, 1.82) is 0 Å². The molecule has 0 heterocycles. The summed E-state index contributed by atoms with van der Waals surface area (Å²) in [6.07, 6.45) is 10.2. The molecule has 0 bridgehead atoms. The molecule has 22 heavy (non-hydrogen) atoms. The molecule has 0 saturated carbocycles. The molecule has 3 aromatic carbocycles. The van der Waals surface area contributed by atoms with Crippen LogP contribution in [0, 0.1) is 0 Å². The Kier molecular flexibility index (Phi) is 3.31. The van der Waals surface area contributed by atoms with Crippen LogP contribution in [0.5, 0.6) is 0 Å². The van der Waals surface area contributed by atoms with Crippen molar-refractivity contribution >= 4 is 27.1 Å². The molecule has 0 N–H and O–H groups in total. The molecular weight excluding hydrogens is 264 g/mol. The lowest BCUT2D eigenvalue weighted by atomic mass is 9.83. The average molecular weight is 284 g/mol. The van der Waals surface area contributed by atoms with Crippen LogP contribution in [0.1, 0.15) is 30.9 Å². The average Bonchev–Trinajstić information content (AvgIpc) is 2.59. The summed E-state index contributed by atoms with van der Waals surface area (Å²) in [5.74, 6) is 0. The second-order valence-corrected chi connectivity index (χ2v) is 6.04. The van der Waals surface area contributed by atoms with Crippen molar-refractivity contribution < 1.29 is 0 Å². The van der Waals surface area contributed by atoms with Crippen LogP contribution in [0.2, 0.25) is 0 Å². The molecule has 0 fully saturated rings. The van der Waals surface area contributed by atoms with Crippen molar-refractivity contribution in [2.45, 2.75) is 26.2 Å². The second kappa shape index (κ2) is 5.46. The minimum atomic E-state index is 1.19. The van der Waals surface area contributed by atoms with E-state index in [1.807, 2.05) is 0 Å². The van der Waals surface area contributed by atoms with Gasteiger partial charge in [-0.05, 0) is 64.4 Å². The van der Waals surface area contributed by atoms with Crippen molar-refractivity contribution in [2.75, 3.05) is 0 Å². The maximum absolute atomic E-state index is 2.33. The van der Waals surface area contributed by atoms with Gasteiger partial charge in [-0.3, -0.25) is 0 Å².